The van der Waals surface area contributed by atoms with Crippen molar-refractivity contribution in [1.82, 2.24) is 9.55 Å². The van der Waals surface area contributed by atoms with Gasteiger partial charge >= 0.3 is 0 Å². The Morgan fingerprint density at radius 3 is 2.48 bits per heavy atom. The fourth-order valence-electron chi connectivity index (χ4n) is 2.67. The van der Waals surface area contributed by atoms with Crippen molar-refractivity contribution in [3.63, 3.8) is 0 Å². The van der Waals surface area contributed by atoms with E-state index < -0.39 is 0 Å². The van der Waals surface area contributed by atoms with Crippen LogP contribution in [0.1, 0.15) is 17.5 Å². The van der Waals surface area contributed by atoms with E-state index in [1.165, 1.54) is 10.6 Å². The molecule has 8 heteroatoms. The summed E-state index contributed by atoms with van der Waals surface area (Å²) in [5, 5.41) is 9.25. The summed E-state index contributed by atoms with van der Waals surface area (Å²) in [5.41, 5.74) is 3.06. The van der Waals surface area contributed by atoms with Gasteiger partial charge in [0.15, 0.2) is 0 Å². The SMILES string of the molecule is CCN(CCn1cc[n+](C)c1)c1ccc(N=Nc2nc(C)c(C)s2)cc1.[Br-]. The molecule has 3 aromatic rings. The Morgan fingerprint density at radius 1 is 1.19 bits per heavy atom. The van der Waals surface area contributed by atoms with Gasteiger partial charge in [-0.2, -0.15) is 0 Å². The lowest BCUT2D eigenvalue weighted by molar-refractivity contribution is -0.671. The highest BCUT2D eigenvalue weighted by Gasteiger charge is 2.07. The zero-order valence-corrected chi connectivity index (χ0v) is 18.5. The number of imidazole rings is 1. The van der Waals surface area contributed by atoms with Crippen molar-refractivity contribution in [2.75, 3.05) is 18.0 Å². The molecule has 0 spiro atoms. The van der Waals surface area contributed by atoms with Crippen molar-refractivity contribution >= 4 is 27.8 Å². The summed E-state index contributed by atoms with van der Waals surface area (Å²) in [7, 11) is 2.04. The van der Waals surface area contributed by atoms with Crippen molar-refractivity contribution in [1.29, 1.82) is 0 Å². The van der Waals surface area contributed by atoms with Crippen LogP contribution in [0.2, 0.25) is 0 Å². The van der Waals surface area contributed by atoms with Crippen LogP contribution < -0.4 is 26.4 Å². The van der Waals surface area contributed by atoms with Gasteiger partial charge in [0.2, 0.25) is 11.5 Å². The van der Waals surface area contributed by atoms with E-state index in [0.29, 0.717) is 5.13 Å². The van der Waals surface area contributed by atoms with Gasteiger partial charge in [-0.25, -0.2) is 14.1 Å². The van der Waals surface area contributed by atoms with Gasteiger partial charge in [0.05, 0.1) is 25.0 Å². The number of likely N-dealkylation sites (N-methyl/N-ethyl adjacent to an activating group) is 1. The van der Waals surface area contributed by atoms with Gasteiger partial charge in [0, 0.05) is 17.1 Å². The Kier molecular flexibility index (Phi) is 7.67. The summed E-state index contributed by atoms with van der Waals surface area (Å²) in [6.07, 6.45) is 6.25. The summed E-state index contributed by atoms with van der Waals surface area (Å²) in [6, 6.07) is 8.21. The maximum Gasteiger partial charge on any atom is 0.243 e. The molecule has 0 fully saturated rings. The molecule has 2 heterocycles. The lowest BCUT2D eigenvalue weighted by Gasteiger charge is -2.22. The van der Waals surface area contributed by atoms with E-state index >= 15 is 0 Å². The van der Waals surface area contributed by atoms with E-state index in [4.69, 9.17) is 0 Å². The zero-order valence-electron chi connectivity index (χ0n) is 16.1. The van der Waals surface area contributed by atoms with Gasteiger partial charge in [-0.05, 0) is 45.0 Å². The summed E-state index contributed by atoms with van der Waals surface area (Å²) >= 11 is 1.57. The highest BCUT2D eigenvalue weighted by molar-refractivity contribution is 7.15. The van der Waals surface area contributed by atoms with Crippen LogP contribution in [0.25, 0.3) is 0 Å². The number of hydrogen-bond donors (Lipinski definition) is 0. The minimum absolute atomic E-state index is 0. The van der Waals surface area contributed by atoms with E-state index in [1.54, 1.807) is 11.3 Å². The monoisotopic (exact) mass is 448 g/mol. The molecule has 2 aromatic heterocycles. The topological polar surface area (TPSA) is 49.7 Å². The van der Waals surface area contributed by atoms with Gasteiger partial charge < -0.3 is 21.9 Å². The van der Waals surface area contributed by atoms with Crippen molar-refractivity contribution in [3.8, 4) is 0 Å². The minimum Gasteiger partial charge on any atom is -1.00 e. The molecular weight excluding hydrogens is 424 g/mol. The lowest BCUT2D eigenvalue weighted by Crippen LogP contribution is -3.00. The fraction of sp³-hybridized carbons (Fsp3) is 0.368. The third kappa shape index (κ3) is 5.71. The summed E-state index contributed by atoms with van der Waals surface area (Å²) < 4.78 is 4.25. The number of benzene rings is 1. The van der Waals surface area contributed by atoms with Crippen LogP contribution in [0.3, 0.4) is 0 Å². The molecular formula is C19H25BrN6S. The van der Waals surface area contributed by atoms with Crippen LogP contribution in [0.15, 0.2) is 53.2 Å². The van der Waals surface area contributed by atoms with Gasteiger partial charge in [-0.1, -0.05) is 11.3 Å². The van der Waals surface area contributed by atoms with Gasteiger partial charge in [-0.15, -0.1) is 10.2 Å². The third-order valence-electron chi connectivity index (χ3n) is 4.32. The molecule has 0 radical (unpaired) electrons. The highest BCUT2D eigenvalue weighted by atomic mass is 79.9. The average Bonchev–Trinajstić information content (AvgIpc) is 3.20. The molecule has 27 heavy (non-hydrogen) atoms. The van der Waals surface area contributed by atoms with Gasteiger partial charge in [0.25, 0.3) is 0 Å². The van der Waals surface area contributed by atoms with Crippen molar-refractivity contribution in [2.24, 2.45) is 17.3 Å². The molecule has 0 aliphatic rings. The van der Waals surface area contributed by atoms with Crippen LogP contribution in [0.5, 0.6) is 0 Å². The molecule has 0 N–H and O–H groups in total. The van der Waals surface area contributed by atoms with Crippen LogP contribution in [0, 0.1) is 13.8 Å². The predicted molar refractivity (Wildman–Crippen MR) is 106 cm³/mol. The van der Waals surface area contributed by atoms with Gasteiger partial charge in [0.1, 0.15) is 18.9 Å². The van der Waals surface area contributed by atoms with E-state index in [-0.39, 0.29) is 17.0 Å². The number of thiazole rings is 1. The first kappa shape index (κ1) is 21.2. The Balaban J connectivity index is 0.00000261. The van der Waals surface area contributed by atoms with E-state index in [2.05, 4.69) is 67.0 Å². The van der Waals surface area contributed by atoms with E-state index in [1.807, 2.05) is 33.0 Å². The zero-order chi connectivity index (χ0) is 18.5. The van der Waals surface area contributed by atoms with Crippen LogP contribution in [-0.2, 0) is 13.6 Å². The molecule has 6 nitrogen and oxygen atoms in total. The first-order valence-corrected chi connectivity index (χ1v) is 9.58. The smallest absolute Gasteiger partial charge is 0.243 e. The molecule has 1 aromatic carbocycles. The molecule has 0 bridgehead atoms. The van der Waals surface area contributed by atoms with Crippen molar-refractivity contribution in [2.45, 2.75) is 27.3 Å². The summed E-state index contributed by atoms with van der Waals surface area (Å²) in [4.78, 5) is 7.93. The maximum absolute atomic E-state index is 4.39. The van der Waals surface area contributed by atoms with Crippen LogP contribution >= 0.6 is 11.3 Å². The number of hydrogen-bond acceptors (Lipinski definition) is 5. The number of anilines is 1. The van der Waals surface area contributed by atoms with E-state index in [0.717, 1.165) is 31.0 Å². The third-order valence-corrected chi connectivity index (χ3v) is 5.27. The molecule has 0 saturated carbocycles. The average molecular weight is 449 g/mol. The van der Waals surface area contributed by atoms with Crippen molar-refractivity contribution < 1.29 is 21.5 Å². The van der Waals surface area contributed by atoms with Crippen LogP contribution in [-0.4, -0.2) is 22.6 Å². The van der Waals surface area contributed by atoms with E-state index in [9.17, 15) is 0 Å². The Morgan fingerprint density at radius 2 is 1.93 bits per heavy atom. The summed E-state index contributed by atoms with van der Waals surface area (Å²) in [5.74, 6) is 0. The lowest BCUT2D eigenvalue weighted by atomic mass is 10.2. The number of halogens is 1. The standard InChI is InChI=1S/C19H25N6S.BrH/c1-5-25(13-12-24-11-10-23(4)14-24)18-8-6-17(7-9-18)21-22-19-20-15(2)16(3)26-19;/h6-11,14H,5,12-13H2,1-4H3;1H/q+1;/p-1. The minimum atomic E-state index is 0. The fourth-order valence-corrected chi connectivity index (χ4v) is 3.40. The second kappa shape index (κ2) is 9.75. The number of azo groups is 1. The second-order valence-corrected chi connectivity index (χ2v) is 7.43. The molecule has 0 amide bonds. The number of aryl methyl sites for hydroxylation is 3. The first-order valence-electron chi connectivity index (χ1n) is 8.77. The number of rotatable bonds is 7. The first-order chi connectivity index (χ1) is 12.5. The molecule has 0 unspecified atom stereocenters. The van der Waals surface area contributed by atoms with Crippen molar-refractivity contribution in [3.05, 3.63) is 53.6 Å². The van der Waals surface area contributed by atoms with Crippen LogP contribution in [0.4, 0.5) is 16.5 Å². The number of aromatic nitrogens is 3. The largest absolute Gasteiger partial charge is 1.00 e. The highest BCUT2D eigenvalue weighted by Crippen LogP contribution is 2.26. The van der Waals surface area contributed by atoms with Gasteiger partial charge in [-0.3, -0.25) is 0 Å². The Labute approximate surface area is 175 Å². The number of nitrogens with zero attached hydrogens (tertiary/aromatic N) is 6. The second-order valence-electron chi connectivity index (χ2n) is 6.25. The summed E-state index contributed by atoms with van der Waals surface area (Å²) in [6.45, 7) is 9.10. The molecule has 144 valence electrons. The normalized spacial score (nSPS) is 11.0. The molecule has 0 aliphatic carbocycles. The predicted octanol–water partition coefficient (Wildman–Crippen LogP) is 1.33. The Bertz CT molecular complexity index is 864. The maximum atomic E-state index is 4.39. The molecule has 0 atom stereocenters. The molecule has 0 saturated heterocycles. The Hall–Kier alpha value is -2.06. The molecule has 0 aliphatic heterocycles. The molecule has 3 rings (SSSR count). The quantitative estimate of drug-likeness (QED) is 0.404.